The molecule has 1 heterocycles. The highest BCUT2D eigenvalue weighted by atomic mass is 35.5. The van der Waals surface area contributed by atoms with Crippen molar-refractivity contribution in [1.29, 1.82) is 0 Å². The average molecular weight is 417 g/mol. The van der Waals surface area contributed by atoms with E-state index in [4.69, 9.17) is 16.3 Å². The second kappa shape index (κ2) is 8.35. The van der Waals surface area contributed by atoms with Crippen molar-refractivity contribution in [3.05, 3.63) is 95.3 Å². The van der Waals surface area contributed by atoms with Crippen molar-refractivity contribution in [3.63, 3.8) is 0 Å². The molecule has 6 heteroatoms. The first-order valence-electron chi connectivity index (χ1n) is 9.19. The number of methoxy groups -OCH3 is 1. The topological polar surface area (TPSA) is 68.3 Å². The molecule has 0 aliphatic rings. The molecule has 0 aliphatic heterocycles. The zero-order valence-corrected chi connectivity index (χ0v) is 16.8. The smallest absolute Gasteiger partial charge is 0.340 e. The maximum Gasteiger partial charge on any atom is 0.340 e. The number of aromatic nitrogens is 1. The molecule has 4 aromatic rings. The Morgan fingerprint density at radius 2 is 1.83 bits per heavy atom. The van der Waals surface area contributed by atoms with Gasteiger partial charge in [-0.1, -0.05) is 41.9 Å². The van der Waals surface area contributed by atoms with E-state index in [1.54, 1.807) is 24.4 Å². The molecule has 0 aliphatic carbocycles. The van der Waals surface area contributed by atoms with E-state index >= 15 is 0 Å². The minimum Gasteiger partial charge on any atom is -0.465 e. The number of fused-ring (bicyclic) bond motifs is 1. The minimum atomic E-state index is -0.578. The number of anilines is 1. The summed E-state index contributed by atoms with van der Waals surface area (Å²) in [5, 5.41) is 5.23. The number of ether oxygens (including phenoxy) is 1. The van der Waals surface area contributed by atoms with Crippen molar-refractivity contribution in [2.24, 2.45) is 0 Å². The van der Waals surface area contributed by atoms with Gasteiger partial charge in [0.2, 0.25) is 0 Å². The van der Waals surface area contributed by atoms with Crippen LogP contribution in [-0.4, -0.2) is 24.0 Å². The van der Waals surface area contributed by atoms with Crippen LogP contribution in [0.25, 0.3) is 21.9 Å². The highest BCUT2D eigenvalue weighted by molar-refractivity contribution is 6.31. The number of benzene rings is 3. The lowest BCUT2D eigenvalue weighted by Gasteiger charge is -2.12. The highest BCUT2D eigenvalue weighted by Gasteiger charge is 2.16. The van der Waals surface area contributed by atoms with Crippen LogP contribution in [0.1, 0.15) is 20.7 Å². The van der Waals surface area contributed by atoms with Gasteiger partial charge in [0, 0.05) is 28.4 Å². The van der Waals surface area contributed by atoms with Crippen molar-refractivity contribution >= 4 is 39.9 Å². The van der Waals surface area contributed by atoms with Crippen molar-refractivity contribution in [3.8, 4) is 11.1 Å². The van der Waals surface area contributed by atoms with E-state index in [-0.39, 0.29) is 11.5 Å². The summed E-state index contributed by atoms with van der Waals surface area (Å²) in [6.07, 6.45) is 3.56. The number of nitrogens with zero attached hydrogens (tertiary/aromatic N) is 1. The molecule has 5 nitrogen and oxygen atoms in total. The van der Waals surface area contributed by atoms with Gasteiger partial charge in [-0.05, 0) is 52.9 Å². The van der Waals surface area contributed by atoms with Crippen molar-refractivity contribution in [1.82, 2.24) is 4.98 Å². The van der Waals surface area contributed by atoms with Crippen molar-refractivity contribution < 1.29 is 14.3 Å². The summed E-state index contributed by atoms with van der Waals surface area (Å²) < 4.78 is 4.78. The van der Waals surface area contributed by atoms with Crippen LogP contribution in [0.4, 0.5) is 5.69 Å². The summed E-state index contributed by atoms with van der Waals surface area (Å²) in [6, 6.07) is 19.9. The molecular formula is C24H17ClN2O3. The van der Waals surface area contributed by atoms with E-state index in [1.165, 1.54) is 13.2 Å². The van der Waals surface area contributed by atoms with Crippen LogP contribution < -0.4 is 5.32 Å². The molecule has 0 spiro atoms. The molecular weight excluding hydrogens is 400 g/mol. The molecule has 1 N–H and O–H groups in total. The summed E-state index contributed by atoms with van der Waals surface area (Å²) in [6.45, 7) is 0. The number of carbonyl (C=O) groups excluding carboxylic acids is 2. The minimum absolute atomic E-state index is 0.191. The third-order valence-electron chi connectivity index (χ3n) is 4.75. The summed E-state index contributed by atoms with van der Waals surface area (Å²) in [7, 11) is 1.28. The monoisotopic (exact) mass is 416 g/mol. The van der Waals surface area contributed by atoms with Gasteiger partial charge in [0.1, 0.15) is 0 Å². The molecule has 0 saturated heterocycles. The maximum atomic E-state index is 12.9. The van der Waals surface area contributed by atoms with Gasteiger partial charge < -0.3 is 10.1 Å². The van der Waals surface area contributed by atoms with Crippen LogP contribution in [0.5, 0.6) is 0 Å². The van der Waals surface area contributed by atoms with Crippen LogP contribution in [0.15, 0.2) is 79.1 Å². The first kappa shape index (κ1) is 19.6. The number of pyridine rings is 1. The highest BCUT2D eigenvalue weighted by Crippen LogP contribution is 2.29. The van der Waals surface area contributed by atoms with E-state index in [0.717, 1.165) is 21.9 Å². The van der Waals surface area contributed by atoms with E-state index in [2.05, 4.69) is 10.3 Å². The Morgan fingerprint density at radius 1 is 1.00 bits per heavy atom. The third kappa shape index (κ3) is 3.88. The molecule has 3 aromatic carbocycles. The van der Waals surface area contributed by atoms with Gasteiger partial charge >= 0.3 is 5.97 Å². The number of hydrogen-bond acceptors (Lipinski definition) is 4. The van der Waals surface area contributed by atoms with Crippen LogP contribution in [0, 0.1) is 0 Å². The Bertz CT molecular complexity index is 1270. The number of nitrogens with one attached hydrogen (secondary N) is 1. The zero-order valence-electron chi connectivity index (χ0n) is 16.1. The normalized spacial score (nSPS) is 10.6. The summed E-state index contributed by atoms with van der Waals surface area (Å²) in [5.74, 6) is -0.919. The first-order chi connectivity index (χ1) is 14.6. The van der Waals surface area contributed by atoms with Gasteiger partial charge in [-0.3, -0.25) is 9.78 Å². The lowest BCUT2D eigenvalue weighted by molar-refractivity contribution is 0.0602. The summed E-state index contributed by atoms with van der Waals surface area (Å²) in [5.41, 5.74) is 2.90. The maximum absolute atomic E-state index is 12.9. The van der Waals surface area contributed by atoms with Crippen LogP contribution in [0.3, 0.4) is 0 Å². The Kier molecular flexibility index (Phi) is 5.46. The molecule has 0 bridgehead atoms. The lowest BCUT2D eigenvalue weighted by atomic mass is 9.98. The van der Waals surface area contributed by atoms with Gasteiger partial charge in [-0.25, -0.2) is 4.79 Å². The molecule has 1 aromatic heterocycles. The number of carbonyl (C=O) groups is 2. The predicted octanol–water partition coefficient (Wildman–Crippen LogP) is 5.59. The van der Waals surface area contributed by atoms with Crippen LogP contribution in [-0.2, 0) is 4.74 Å². The van der Waals surface area contributed by atoms with Gasteiger partial charge in [-0.2, -0.15) is 0 Å². The molecule has 0 atom stereocenters. The Balaban J connectivity index is 1.68. The first-order valence-corrected chi connectivity index (χ1v) is 9.57. The van der Waals surface area contributed by atoms with Crippen LogP contribution >= 0.6 is 11.6 Å². The Hall–Kier alpha value is -3.70. The largest absolute Gasteiger partial charge is 0.465 e. The Morgan fingerprint density at radius 3 is 2.67 bits per heavy atom. The van der Waals surface area contributed by atoms with Gasteiger partial charge in [-0.15, -0.1) is 0 Å². The Labute approximate surface area is 178 Å². The van der Waals surface area contributed by atoms with E-state index < -0.39 is 5.97 Å². The third-order valence-corrected chi connectivity index (χ3v) is 4.99. The number of halogens is 1. The second-order valence-electron chi connectivity index (χ2n) is 6.62. The van der Waals surface area contributed by atoms with Crippen LogP contribution in [0.2, 0.25) is 5.02 Å². The predicted molar refractivity (Wildman–Crippen MR) is 118 cm³/mol. The lowest BCUT2D eigenvalue weighted by Crippen LogP contribution is -2.15. The second-order valence-corrected chi connectivity index (χ2v) is 7.06. The molecule has 0 saturated carbocycles. The summed E-state index contributed by atoms with van der Waals surface area (Å²) in [4.78, 5) is 29.1. The number of amides is 1. The van der Waals surface area contributed by atoms with Crippen molar-refractivity contribution in [2.45, 2.75) is 0 Å². The van der Waals surface area contributed by atoms with E-state index in [0.29, 0.717) is 16.3 Å². The number of esters is 1. The summed E-state index contributed by atoms with van der Waals surface area (Å²) >= 11 is 5.98. The van der Waals surface area contributed by atoms with E-state index in [9.17, 15) is 9.59 Å². The van der Waals surface area contributed by atoms with Gasteiger partial charge in [0.15, 0.2) is 0 Å². The number of rotatable bonds is 4. The van der Waals surface area contributed by atoms with Gasteiger partial charge in [0.25, 0.3) is 5.91 Å². The fourth-order valence-electron chi connectivity index (χ4n) is 3.30. The molecule has 30 heavy (non-hydrogen) atoms. The molecule has 0 unspecified atom stereocenters. The average Bonchev–Trinajstić information content (AvgIpc) is 2.79. The molecule has 148 valence electrons. The standard InChI is InChI=1S/C24H17ClN2O3/c1-30-24(29)21-13-18(25)8-9-22(21)27-23(28)16-5-2-4-15(12-16)19-7-3-6-17-14-26-11-10-20(17)19/h2-14H,1H3,(H,27,28). The SMILES string of the molecule is COC(=O)c1cc(Cl)ccc1NC(=O)c1cccc(-c2cccc3cnccc23)c1. The number of hydrogen-bond donors (Lipinski definition) is 1. The molecule has 0 fully saturated rings. The molecule has 0 radical (unpaired) electrons. The van der Waals surface area contributed by atoms with Crippen molar-refractivity contribution in [2.75, 3.05) is 12.4 Å². The zero-order chi connectivity index (χ0) is 21.1. The molecule has 4 rings (SSSR count). The van der Waals surface area contributed by atoms with E-state index in [1.807, 2.05) is 48.7 Å². The molecule has 1 amide bonds. The quantitative estimate of drug-likeness (QED) is 0.440. The fraction of sp³-hybridized carbons (Fsp3) is 0.0417. The fourth-order valence-corrected chi connectivity index (χ4v) is 3.47. The van der Waals surface area contributed by atoms with Gasteiger partial charge in [0.05, 0.1) is 18.4 Å².